The smallest absolute Gasteiger partial charge is 0.260 e. The fraction of sp³-hybridized carbons (Fsp3) is 0.333. The summed E-state index contributed by atoms with van der Waals surface area (Å²) in [6.07, 6.45) is 1.82. The lowest BCUT2D eigenvalue weighted by Gasteiger charge is -2.06. The van der Waals surface area contributed by atoms with Gasteiger partial charge in [0.15, 0.2) is 0 Å². The quantitative estimate of drug-likeness (QED) is 0.692. The molecule has 1 aromatic rings. The maximum atomic E-state index is 10.7. The highest BCUT2D eigenvalue weighted by molar-refractivity contribution is 7.86. The molecule has 0 bridgehead atoms. The fourth-order valence-electron chi connectivity index (χ4n) is 0.646. The van der Waals surface area contributed by atoms with Crippen molar-refractivity contribution in [3.63, 3.8) is 0 Å². The van der Waals surface area contributed by atoms with Crippen molar-refractivity contribution in [2.45, 2.75) is 6.10 Å². The van der Waals surface area contributed by atoms with Crippen LogP contribution in [0.25, 0.3) is 0 Å². The zero-order chi connectivity index (χ0) is 9.19. The molecule has 0 aliphatic heterocycles. The minimum absolute atomic E-state index is 0.556. The van der Waals surface area contributed by atoms with E-state index in [2.05, 4.69) is 16.1 Å². The molecular weight excluding hydrogens is 198 g/mol. The molecular formula is C6H8NO3S2. The van der Waals surface area contributed by atoms with Gasteiger partial charge in [-0.05, 0) is 6.92 Å². The molecule has 1 atom stereocenters. The van der Waals surface area contributed by atoms with Crippen molar-refractivity contribution >= 4 is 21.5 Å². The van der Waals surface area contributed by atoms with Gasteiger partial charge in [-0.25, -0.2) is 4.98 Å². The highest BCUT2D eigenvalue weighted by Crippen LogP contribution is 2.19. The van der Waals surface area contributed by atoms with Gasteiger partial charge in [-0.2, -0.15) is 8.42 Å². The standard InChI is InChI=1S/C6H8NO3S2/c1-5(10-12(2,8)9)6-7-3-4-11-6/h3-5H,1H2,2H3. The van der Waals surface area contributed by atoms with Crippen LogP contribution in [-0.4, -0.2) is 19.7 Å². The molecule has 0 aliphatic carbocycles. The summed E-state index contributed by atoms with van der Waals surface area (Å²) in [5.74, 6) is 0. The fourth-order valence-corrected chi connectivity index (χ4v) is 1.80. The Morgan fingerprint density at radius 3 is 2.83 bits per heavy atom. The maximum absolute atomic E-state index is 10.7. The second kappa shape index (κ2) is 3.51. The molecule has 0 aromatic carbocycles. The van der Waals surface area contributed by atoms with E-state index in [1.807, 2.05) is 0 Å². The van der Waals surface area contributed by atoms with Crippen molar-refractivity contribution in [1.82, 2.24) is 4.98 Å². The number of aromatic nitrogens is 1. The van der Waals surface area contributed by atoms with Crippen LogP contribution < -0.4 is 0 Å². The zero-order valence-corrected chi connectivity index (χ0v) is 8.06. The largest absolute Gasteiger partial charge is 0.265 e. The van der Waals surface area contributed by atoms with Gasteiger partial charge in [0.1, 0.15) is 11.1 Å². The summed E-state index contributed by atoms with van der Waals surface area (Å²) in [5.41, 5.74) is 0. The van der Waals surface area contributed by atoms with E-state index in [0.29, 0.717) is 5.01 Å². The van der Waals surface area contributed by atoms with Crippen molar-refractivity contribution in [1.29, 1.82) is 0 Å². The molecule has 0 fully saturated rings. The average Bonchev–Trinajstić information content (AvgIpc) is 2.32. The third-order valence-electron chi connectivity index (χ3n) is 1.02. The van der Waals surface area contributed by atoms with E-state index in [9.17, 15) is 8.42 Å². The highest BCUT2D eigenvalue weighted by Gasteiger charge is 2.14. The number of rotatable bonds is 3. The van der Waals surface area contributed by atoms with Gasteiger partial charge in [0.05, 0.1) is 6.26 Å². The predicted octanol–water partition coefficient (Wildman–Crippen LogP) is 0.994. The van der Waals surface area contributed by atoms with Gasteiger partial charge in [-0.3, -0.25) is 4.18 Å². The van der Waals surface area contributed by atoms with Gasteiger partial charge in [-0.1, -0.05) is 0 Å². The Balaban J connectivity index is 2.68. The van der Waals surface area contributed by atoms with Crippen LogP contribution in [0.4, 0.5) is 0 Å². The molecule has 1 heterocycles. The van der Waals surface area contributed by atoms with E-state index in [0.717, 1.165) is 6.26 Å². The molecule has 0 aliphatic rings. The third-order valence-corrected chi connectivity index (χ3v) is 2.47. The first-order valence-corrected chi connectivity index (χ1v) is 5.79. The molecule has 4 nitrogen and oxygen atoms in total. The monoisotopic (exact) mass is 206 g/mol. The Kier molecular flexibility index (Phi) is 2.81. The summed E-state index contributed by atoms with van der Waals surface area (Å²) >= 11 is 1.31. The Morgan fingerprint density at radius 1 is 1.75 bits per heavy atom. The van der Waals surface area contributed by atoms with Crippen LogP contribution in [0.2, 0.25) is 0 Å². The summed E-state index contributed by atoms with van der Waals surface area (Å²) in [7, 11) is -3.45. The molecule has 1 unspecified atom stereocenters. The van der Waals surface area contributed by atoms with E-state index >= 15 is 0 Å². The van der Waals surface area contributed by atoms with E-state index in [1.165, 1.54) is 11.3 Å². The molecule has 0 saturated heterocycles. The van der Waals surface area contributed by atoms with Crippen LogP contribution in [-0.2, 0) is 14.3 Å². The molecule has 67 valence electrons. The Hall–Kier alpha value is -0.460. The highest BCUT2D eigenvalue weighted by atomic mass is 32.2. The second-order valence-electron chi connectivity index (χ2n) is 2.16. The summed E-state index contributed by atoms with van der Waals surface area (Å²) in [6.45, 7) is 3.51. The number of hydrogen-bond acceptors (Lipinski definition) is 5. The first kappa shape index (κ1) is 9.63. The van der Waals surface area contributed by atoms with Crippen LogP contribution in [0.5, 0.6) is 0 Å². The topological polar surface area (TPSA) is 56.3 Å². The molecule has 0 amide bonds. The van der Waals surface area contributed by atoms with Crippen molar-refractivity contribution in [3.05, 3.63) is 23.5 Å². The number of hydrogen-bond donors (Lipinski definition) is 0. The molecule has 12 heavy (non-hydrogen) atoms. The summed E-state index contributed by atoms with van der Waals surface area (Å²) in [4.78, 5) is 3.87. The molecule has 6 heteroatoms. The molecule has 1 aromatic heterocycles. The first-order valence-electron chi connectivity index (χ1n) is 3.10. The van der Waals surface area contributed by atoms with E-state index < -0.39 is 16.2 Å². The van der Waals surface area contributed by atoms with Crippen LogP contribution in [0.3, 0.4) is 0 Å². The third kappa shape index (κ3) is 2.88. The minimum atomic E-state index is -3.45. The van der Waals surface area contributed by atoms with E-state index in [4.69, 9.17) is 0 Å². The van der Waals surface area contributed by atoms with Gasteiger partial charge in [-0.15, -0.1) is 11.3 Å². The van der Waals surface area contributed by atoms with Crippen LogP contribution >= 0.6 is 11.3 Å². The van der Waals surface area contributed by atoms with E-state index in [1.54, 1.807) is 11.6 Å². The Bertz CT molecular complexity index is 330. The average molecular weight is 206 g/mol. The van der Waals surface area contributed by atoms with E-state index in [-0.39, 0.29) is 0 Å². The van der Waals surface area contributed by atoms with Crippen LogP contribution in [0.15, 0.2) is 11.6 Å². The van der Waals surface area contributed by atoms with Crippen LogP contribution in [0.1, 0.15) is 11.1 Å². The Labute approximate surface area is 75.3 Å². The number of nitrogens with zero attached hydrogens (tertiary/aromatic N) is 1. The predicted molar refractivity (Wildman–Crippen MR) is 46.1 cm³/mol. The normalized spacial score (nSPS) is 14.5. The lowest BCUT2D eigenvalue weighted by Crippen LogP contribution is -2.07. The molecule has 1 radical (unpaired) electrons. The molecule has 0 N–H and O–H groups in total. The summed E-state index contributed by atoms with van der Waals surface area (Å²) in [6, 6.07) is 0. The maximum Gasteiger partial charge on any atom is 0.265 e. The first-order chi connectivity index (χ1) is 5.49. The second-order valence-corrected chi connectivity index (χ2v) is 4.69. The van der Waals surface area contributed by atoms with Crippen LogP contribution in [0, 0.1) is 6.92 Å². The summed E-state index contributed by atoms with van der Waals surface area (Å²) < 4.78 is 25.9. The lowest BCUT2D eigenvalue weighted by molar-refractivity contribution is 0.261. The van der Waals surface area contributed by atoms with Crippen molar-refractivity contribution < 1.29 is 12.6 Å². The lowest BCUT2D eigenvalue weighted by atomic mass is 10.4. The zero-order valence-electron chi connectivity index (χ0n) is 6.43. The minimum Gasteiger partial charge on any atom is -0.260 e. The van der Waals surface area contributed by atoms with Gasteiger partial charge in [0.25, 0.3) is 10.1 Å². The van der Waals surface area contributed by atoms with Gasteiger partial charge >= 0.3 is 0 Å². The van der Waals surface area contributed by atoms with Crippen molar-refractivity contribution in [2.24, 2.45) is 0 Å². The molecule has 0 saturated carbocycles. The van der Waals surface area contributed by atoms with Crippen molar-refractivity contribution in [2.75, 3.05) is 6.26 Å². The van der Waals surface area contributed by atoms with Crippen molar-refractivity contribution in [3.8, 4) is 0 Å². The number of thiazole rings is 1. The van der Waals surface area contributed by atoms with Gasteiger partial charge in [0, 0.05) is 11.6 Å². The molecule has 0 spiro atoms. The summed E-state index contributed by atoms with van der Waals surface area (Å²) in [5, 5.41) is 2.29. The Morgan fingerprint density at radius 2 is 2.42 bits per heavy atom. The SMILES string of the molecule is [CH2]C(OS(C)(=O)=O)c1nccs1. The molecule has 1 rings (SSSR count). The van der Waals surface area contributed by atoms with Gasteiger partial charge < -0.3 is 0 Å². The van der Waals surface area contributed by atoms with Gasteiger partial charge in [0.2, 0.25) is 0 Å².